The minimum atomic E-state index is -5.23. The fourth-order valence-electron chi connectivity index (χ4n) is 2.44. The van der Waals surface area contributed by atoms with Crippen LogP contribution in [0.15, 0.2) is 12.7 Å². The first-order valence-electron chi connectivity index (χ1n) is 7.06. The van der Waals surface area contributed by atoms with Crippen molar-refractivity contribution in [1.82, 2.24) is 19.5 Å². The zero-order chi connectivity index (χ0) is 19.1. The number of aliphatic hydroxyl groups excluding tert-OH is 1. The number of ether oxygens (including phenoxy) is 1. The minimum absolute atomic E-state index is 0. The van der Waals surface area contributed by atoms with Gasteiger partial charge in [-0.1, -0.05) is 0 Å². The van der Waals surface area contributed by atoms with Gasteiger partial charge in [-0.25, -0.2) is 24.1 Å². The normalized spacial score (nSPS) is 23.5. The molecule has 3 rings (SSSR count). The van der Waals surface area contributed by atoms with Crippen molar-refractivity contribution < 1.29 is 42.5 Å². The zero-order valence-electron chi connectivity index (χ0n) is 15.9. The molecule has 4 atom stereocenters. The Bertz CT molecular complexity index is 914. The molecule has 0 aliphatic carbocycles. The van der Waals surface area contributed by atoms with E-state index in [4.69, 9.17) is 20.3 Å². The van der Waals surface area contributed by atoms with E-state index in [1.165, 1.54) is 17.2 Å². The van der Waals surface area contributed by atoms with Gasteiger partial charge < -0.3 is 30.3 Å². The summed E-state index contributed by atoms with van der Waals surface area (Å²) in [5.74, 6) is 0.169. The Morgan fingerprint density at radius 3 is 2.48 bits per heavy atom. The van der Waals surface area contributed by atoms with Crippen LogP contribution in [0.1, 0.15) is 12.6 Å². The van der Waals surface area contributed by atoms with Crippen molar-refractivity contribution in [2.75, 3.05) is 12.3 Å². The second kappa shape index (κ2) is 12.1. The summed E-state index contributed by atoms with van der Waals surface area (Å²) in [5, 5.41) is 10.1. The van der Waals surface area contributed by atoms with Crippen LogP contribution in [0.5, 0.6) is 0 Å². The molecule has 1 fully saturated rings. The maximum Gasteiger partial charge on any atom is 0.481 e. The molecule has 3 radical (unpaired) electrons. The largest absolute Gasteiger partial charge is 0.481 e. The summed E-state index contributed by atoms with van der Waals surface area (Å²) in [7, 11) is -10.3. The summed E-state index contributed by atoms with van der Waals surface area (Å²) in [4.78, 5) is 38.3. The Morgan fingerprint density at radius 1 is 1.21 bits per heavy atom. The van der Waals surface area contributed by atoms with E-state index >= 15 is 0 Å². The smallest absolute Gasteiger partial charge is 0.390 e. The van der Waals surface area contributed by atoms with Crippen molar-refractivity contribution in [3.8, 4) is 0 Å². The third kappa shape index (κ3) is 8.11. The number of imidazole rings is 1. The molecule has 0 spiro atoms. The van der Waals surface area contributed by atoms with Gasteiger partial charge in [0, 0.05) is 95.1 Å². The monoisotopic (exact) mass is 480 g/mol. The Hall–Kier alpha value is 1.53. The van der Waals surface area contributed by atoms with Gasteiger partial charge in [-0.15, -0.1) is 0 Å². The van der Waals surface area contributed by atoms with Crippen LogP contribution < -0.4 is 5.73 Å². The molecule has 29 heavy (non-hydrogen) atoms. The van der Waals surface area contributed by atoms with Gasteiger partial charge >= 0.3 is 15.6 Å². The van der Waals surface area contributed by atoms with Crippen LogP contribution in [0.25, 0.3) is 11.2 Å². The average Bonchev–Trinajstić information content (AvgIpc) is 3.07. The van der Waals surface area contributed by atoms with Crippen molar-refractivity contribution in [3.05, 3.63) is 12.7 Å². The first-order chi connectivity index (χ1) is 12.1. The second-order valence-electron chi connectivity index (χ2n) is 5.35. The van der Waals surface area contributed by atoms with Crippen LogP contribution in [0, 0.1) is 0 Å². The molecule has 14 nitrogen and oxygen atoms in total. The van der Waals surface area contributed by atoms with Crippen LogP contribution in [-0.2, 0) is 22.7 Å². The molecule has 147 valence electrons. The van der Waals surface area contributed by atoms with Crippen LogP contribution in [0.2, 0.25) is 0 Å². The van der Waals surface area contributed by atoms with E-state index in [-0.39, 0.29) is 101 Å². The number of phosphoric acid groups is 2. The molecule has 2 aromatic heterocycles. The van der Waals surface area contributed by atoms with Crippen LogP contribution in [0.4, 0.5) is 5.82 Å². The Morgan fingerprint density at radius 2 is 1.86 bits per heavy atom. The van der Waals surface area contributed by atoms with E-state index in [0.29, 0.717) is 11.2 Å². The fourth-order valence-corrected chi connectivity index (χ4v) is 4.04. The number of aromatic nitrogens is 4. The Kier molecular flexibility index (Phi) is 12.8. The number of nitrogen functional groups attached to an aromatic ring is 1. The van der Waals surface area contributed by atoms with Gasteiger partial charge in [0.2, 0.25) is 0 Å². The molecule has 1 saturated heterocycles. The summed E-state index contributed by atoms with van der Waals surface area (Å²) >= 11 is 0. The standard InChI is InChI=1S/C10H15N5O9P2.3Na/c11-9-8-10(13-3-12-9)15(4-14-8)7-1-5(16)6(23-7)2-22-26(20,21)24-25(17,18)19;;;/h3-7,16H,1-2H2,(H,20,21)(H2,11,12,13)(H2,17,18,19);;;/t5-,6+,7+;;;/m0.../s1. The predicted molar refractivity (Wildman–Crippen MR) is 100 cm³/mol. The topological polar surface area (TPSA) is 212 Å². The van der Waals surface area contributed by atoms with Gasteiger partial charge in [0.05, 0.1) is 19.0 Å². The van der Waals surface area contributed by atoms with Crippen LogP contribution >= 0.6 is 15.6 Å². The first kappa shape index (κ1) is 30.5. The second-order valence-corrected chi connectivity index (χ2v) is 8.18. The molecule has 0 aromatic carbocycles. The first-order valence-corrected chi connectivity index (χ1v) is 10.1. The number of fused-ring (bicyclic) bond motifs is 1. The number of hydrogen-bond donors (Lipinski definition) is 5. The maximum atomic E-state index is 11.5. The van der Waals surface area contributed by atoms with Crippen molar-refractivity contribution in [1.29, 1.82) is 0 Å². The van der Waals surface area contributed by atoms with Gasteiger partial charge in [-0.2, -0.15) is 4.31 Å². The third-order valence-electron chi connectivity index (χ3n) is 3.51. The number of nitrogens with two attached hydrogens (primary N) is 1. The molecule has 19 heteroatoms. The zero-order valence-corrected chi connectivity index (χ0v) is 23.7. The number of hydrogen-bond acceptors (Lipinski definition) is 10. The summed E-state index contributed by atoms with van der Waals surface area (Å²) < 4.78 is 37.3. The number of phosphoric ester groups is 1. The number of anilines is 1. The molecule has 2 aromatic rings. The molecule has 0 amide bonds. The van der Waals surface area contributed by atoms with Crippen molar-refractivity contribution in [3.63, 3.8) is 0 Å². The van der Waals surface area contributed by atoms with E-state index in [2.05, 4.69) is 23.8 Å². The Balaban J connectivity index is 0.00000261. The van der Waals surface area contributed by atoms with Gasteiger partial charge in [0.25, 0.3) is 0 Å². The molecule has 1 aliphatic rings. The molecule has 0 saturated carbocycles. The molecule has 3 heterocycles. The van der Waals surface area contributed by atoms with Gasteiger partial charge in [0.1, 0.15) is 24.2 Å². The average molecular weight is 480 g/mol. The molecule has 1 unspecified atom stereocenters. The van der Waals surface area contributed by atoms with Crippen LogP contribution in [-0.4, -0.2) is 147 Å². The van der Waals surface area contributed by atoms with Crippen LogP contribution in [0.3, 0.4) is 0 Å². The summed E-state index contributed by atoms with van der Waals surface area (Å²) in [6, 6.07) is 0. The van der Waals surface area contributed by atoms with E-state index in [1.807, 2.05) is 0 Å². The van der Waals surface area contributed by atoms with Gasteiger partial charge in [-0.3, -0.25) is 9.09 Å². The molecular formula is C10H15N5Na3O9P2. The third-order valence-corrected chi connectivity index (χ3v) is 5.66. The van der Waals surface area contributed by atoms with Gasteiger partial charge in [-0.05, 0) is 0 Å². The molecule has 0 bridgehead atoms. The summed E-state index contributed by atoms with van der Waals surface area (Å²) in [6.07, 6.45) is -0.158. The molecule has 6 N–H and O–H groups in total. The minimum Gasteiger partial charge on any atom is -0.390 e. The SMILES string of the molecule is Nc1ncnc2c1ncn2[C@H]1C[C@H](O)[C@@H](COP(=O)(O)OP(=O)(O)O)O1.[Na].[Na].[Na]. The van der Waals surface area contributed by atoms with E-state index in [1.54, 1.807) is 0 Å². The number of nitrogens with zero attached hydrogens (tertiary/aromatic N) is 4. The molecular weight excluding hydrogens is 465 g/mol. The summed E-state index contributed by atoms with van der Waals surface area (Å²) in [5.41, 5.74) is 6.41. The summed E-state index contributed by atoms with van der Waals surface area (Å²) in [6.45, 7) is -0.644. The van der Waals surface area contributed by atoms with Crippen molar-refractivity contribution in [2.24, 2.45) is 0 Å². The Labute approximate surface area is 230 Å². The predicted octanol–water partition coefficient (Wildman–Crippen LogP) is -1.86. The number of rotatable bonds is 6. The van der Waals surface area contributed by atoms with E-state index < -0.39 is 40.7 Å². The molecule has 1 aliphatic heterocycles. The van der Waals surface area contributed by atoms with Crippen molar-refractivity contribution in [2.45, 2.75) is 24.9 Å². The quantitative estimate of drug-likeness (QED) is 0.227. The maximum absolute atomic E-state index is 11.5. The van der Waals surface area contributed by atoms with Crippen molar-refractivity contribution >= 4 is 121 Å². The van der Waals surface area contributed by atoms with E-state index in [0.717, 1.165) is 0 Å². The number of aliphatic hydroxyl groups is 1. The fraction of sp³-hybridized carbons (Fsp3) is 0.500. The van der Waals surface area contributed by atoms with Gasteiger partial charge in [0.15, 0.2) is 11.5 Å². The van der Waals surface area contributed by atoms with E-state index in [9.17, 15) is 19.1 Å².